The number of nitrogens with zero attached hydrogens (tertiary/aromatic N) is 2. The van der Waals surface area contributed by atoms with Gasteiger partial charge in [-0.1, -0.05) is 439 Å². The van der Waals surface area contributed by atoms with Gasteiger partial charge in [0.1, 0.15) is 0 Å². The summed E-state index contributed by atoms with van der Waals surface area (Å²) in [7, 11) is 9.78. The zero-order chi connectivity index (χ0) is 56.2. The van der Waals surface area contributed by atoms with E-state index >= 15 is 0 Å². The average molecular weight is 1160 g/mol. The molecule has 0 aliphatic carbocycles. The third-order valence-corrected chi connectivity index (χ3v) is 16.7. The fourth-order valence-electron chi connectivity index (χ4n) is 11.3. The maximum absolute atomic E-state index is 4.89. The van der Waals surface area contributed by atoms with E-state index in [9.17, 15) is 0 Å². The summed E-state index contributed by atoms with van der Waals surface area (Å²) in [4.78, 5) is 0. The minimum atomic E-state index is -0.556. The molecule has 0 N–H and O–H groups in total. The van der Waals surface area contributed by atoms with Crippen LogP contribution in [0.4, 0.5) is 0 Å². The van der Waals surface area contributed by atoms with Gasteiger partial charge in [-0.05, 0) is 0 Å². The number of halogens is 2. The van der Waals surface area contributed by atoms with Crippen molar-refractivity contribution in [1.82, 2.24) is 0 Å². The summed E-state index contributed by atoms with van der Waals surface area (Å²) in [6, 6.07) is 0. The second-order valence-electron chi connectivity index (χ2n) is 24.6. The summed E-state index contributed by atoms with van der Waals surface area (Å²) in [6.45, 7) is 13.7. The number of hydrogen-bond donors (Lipinski definition) is 0. The van der Waals surface area contributed by atoms with Gasteiger partial charge in [0, 0.05) is 0 Å². The van der Waals surface area contributed by atoms with Crippen LogP contribution in [-0.4, -0.2) is 26.2 Å². The molecule has 0 heterocycles. The first-order valence-corrected chi connectivity index (χ1v) is 40.8. The van der Waals surface area contributed by atoms with E-state index in [0.717, 1.165) is 26.2 Å². The molecule has 0 unspecified atom stereocenters. The molecular formula is C72H148Cl2N2Ti-2. The molecule has 5 heteroatoms. The SMILES string of the molecule is CCCCCCCCCCCCCCCCCC[N-]CCCCCCCCCCCCCCCCCC.CCCCCCCCCCCCCCCCCC[N-]CCCCCCCCCCCCCCCCCC.[Cl][Ti][Cl]. The first-order valence-electron chi connectivity index (χ1n) is 36.5. The predicted molar refractivity (Wildman–Crippen MR) is 356 cm³/mol. The second kappa shape index (κ2) is 86.0. The molecule has 0 aromatic heterocycles. The Morgan fingerprint density at radius 2 is 0.234 bits per heavy atom. The van der Waals surface area contributed by atoms with E-state index in [1.165, 1.54) is 411 Å². The third-order valence-electron chi connectivity index (χ3n) is 16.7. The molecule has 0 saturated carbocycles. The second-order valence-corrected chi connectivity index (χ2v) is 27.2. The molecule has 0 atom stereocenters. The molecule has 0 rings (SSSR count). The molecule has 0 spiro atoms. The zero-order valence-corrected chi connectivity index (χ0v) is 57.3. The standard InChI is InChI=1S/2C36H74N.2ClH.Ti/c2*1-3-5-7-9-11-13-15-17-19-21-23-25-27-29-31-33-35-37-36-34-32-30-28-26-24-22-20-18-16-14-12-10-8-6-4-2;;;/h2*3-36H2,1-2H3;2*1H;/q2*-1;;;+2/p-2. The van der Waals surface area contributed by atoms with Gasteiger partial charge < -0.3 is 10.6 Å². The monoisotopic (exact) mass is 1160 g/mol. The Hall–Kier alpha value is 1.21. The van der Waals surface area contributed by atoms with Crippen molar-refractivity contribution in [3.05, 3.63) is 10.6 Å². The molecule has 0 saturated heterocycles. The van der Waals surface area contributed by atoms with Crippen molar-refractivity contribution in [2.24, 2.45) is 0 Å². The van der Waals surface area contributed by atoms with E-state index in [1.807, 2.05) is 0 Å². The summed E-state index contributed by atoms with van der Waals surface area (Å²) in [6.07, 6.45) is 92.7. The van der Waals surface area contributed by atoms with Crippen LogP contribution in [0.3, 0.4) is 0 Å². The van der Waals surface area contributed by atoms with Crippen LogP contribution in [-0.2, 0) is 17.0 Å². The van der Waals surface area contributed by atoms with Gasteiger partial charge in [-0.3, -0.25) is 0 Å². The van der Waals surface area contributed by atoms with E-state index in [2.05, 4.69) is 27.7 Å². The Bertz CT molecular complexity index is 770. The van der Waals surface area contributed by atoms with Crippen LogP contribution in [0.1, 0.15) is 439 Å². The van der Waals surface area contributed by atoms with E-state index < -0.39 is 17.0 Å². The molecular weight excluding hydrogens is 1010 g/mol. The molecule has 77 heavy (non-hydrogen) atoms. The summed E-state index contributed by atoms with van der Waals surface area (Å²) in [5, 5.41) is 9.56. The van der Waals surface area contributed by atoms with E-state index in [4.69, 9.17) is 29.2 Å². The molecule has 0 bridgehead atoms. The van der Waals surface area contributed by atoms with Gasteiger partial charge in [-0.25, -0.2) is 0 Å². The van der Waals surface area contributed by atoms with Crippen LogP contribution >= 0.6 is 18.6 Å². The first kappa shape index (κ1) is 82.4. The summed E-state index contributed by atoms with van der Waals surface area (Å²) in [5.41, 5.74) is 0. The van der Waals surface area contributed by atoms with Crippen LogP contribution in [0.15, 0.2) is 0 Å². The first-order chi connectivity index (χ1) is 38.2. The van der Waals surface area contributed by atoms with Crippen LogP contribution in [0, 0.1) is 0 Å². The van der Waals surface area contributed by atoms with Crippen molar-refractivity contribution in [2.75, 3.05) is 26.2 Å². The van der Waals surface area contributed by atoms with E-state index in [1.54, 1.807) is 0 Å². The summed E-state index contributed by atoms with van der Waals surface area (Å²) < 4.78 is 0. The maximum atomic E-state index is 4.89. The number of unbranched alkanes of at least 4 members (excludes halogenated alkanes) is 60. The Kier molecular flexibility index (Phi) is 92.1. The van der Waals surface area contributed by atoms with Crippen LogP contribution in [0.2, 0.25) is 0 Å². The molecule has 0 radical (unpaired) electrons. The Labute approximate surface area is 507 Å². The Balaban J connectivity index is -0.00000135. The summed E-state index contributed by atoms with van der Waals surface area (Å²) in [5.74, 6) is 0. The summed E-state index contributed by atoms with van der Waals surface area (Å²) >= 11 is -0.556. The quantitative estimate of drug-likeness (QED) is 0.0429. The molecule has 0 amide bonds. The molecule has 0 aliphatic heterocycles. The van der Waals surface area contributed by atoms with Gasteiger partial charge in [-0.15, -0.1) is 26.2 Å². The molecule has 0 aliphatic rings. The fourth-order valence-corrected chi connectivity index (χ4v) is 11.3. The molecule has 466 valence electrons. The number of hydrogen-bond acceptors (Lipinski definition) is 0. The topological polar surface area (TPSA) is 28.2 Å². The van der Waals surface area contributed by atoms with Gasteiger partial charge in [0.05, 0.1) is 0 Å². The zero-order valence-electron chi connectivity index (χ0n) is 54.2. The van der Waals surface area contributed by atoms with Crippen molar-refractivity contribution in [1.29, 1.82) is 0 Å². The van der Waals surface area contributed by atoms with E-state index in [0.29, 0.717) is 0 Å². The van der Waals surface area contributed by atoms with E-state index in [-0.39, 0.29) is 0 Å². The predicted octanol–water partition coefficient (Wildman–Crippen LogP) is 29.1. The van der Waals surface area contributed by atoms with Gasteiger partial charge >= 0.3 is 35.6 Å². The molecule has 0 aromatic rings. The van der Waals surface area contributed by atoms with Crippen molar-refractivity contribution >= 4 is 18.6 Å². The van der Waals surface area contributed by atoms with Gasteiger partial charge in [-0.2, -0.15) is 0 Å². The van der Waals surface area contributed by atoms with Crippen LogP contribution < -0.4 is 0 Å². The van der Waals surface area contributed by atoms with Crippen molar-refractivity contribution in [3.63, 3.8) is 0 Å². The Morgan fingerprint density at radius 3 is 0.325 bits per heavy atom. The van der Waals surface area contributed by atoms with Crippen molar-refractivity contribution in [2.45, 2.75) is 439 Å². The molecule has 0 aromatic carbocycles. The van der Waals surface area contributed by atoms with Crippen molar-refractivity contribution < 1.29 is 17.0 Å². The number of rotatable bonds is 68. The molecule has 2 nitrogen and oxygen atoms in total. The average Bonchev–Trinajstić information content (AvgIpc) is 3.44. The Morgan fingerprint density at radius 1 is 0.156 bits per heavy atom. The third kappa shape index (κ3) is 91.2. The fraction of sp³-hybridized carbons (Fsp3) is 1.00. The van der Waals surface area contributed by atoms with Gasteiger partial charge in [0.25, 0.3) is 0 Å². The minimum absolute atomic E-state index is 0.556. The normalized spacial score (nSPS) is 11.2. The van der Waals surface area contributed by atoms with Gasteiger partial charge in [0.15, 0.2) is 0 Å². The van der Waals surface area contributed by atoms with Gasteiger partial charge in [0.2, 0.25) is 0 Å². The van der Waals surface area contributed by atoms with Crippen molar-refractivity contribution in [3.8, 4) is 0 Å². The molecule has 0 fully saturated rings. The van der Waals surface area contributed by atoms with Crippen LogP contribution in [0.25, 0.3) is 10.6 Å². The van der Waals surface area contributed by atoms with Crippen LogP contribution in [0.5, 0.6) is 0 Å².